The average Bonchev–Trinajstić information content (AvgIpc) is 3.03. The van der Waals surface area contributed by atoms with E-state index in [0.717, 1.165) is 24.8 Å². The van der Waals surface area contributed by atoms with Crippen LogP contribution in [0.5, 0.6) is 0 Å². The Bertz CT molecular complexity index is 1020. The van der Waals surface area contributed by atoms with Gasteiger partial charge in [0.05, 0.1) is 6.42 Å². The van der Waals surface area contributed by atoms with Gasteiger partial charge in [-0.15, -0.1) is 0 Å². The molecule has 0 spiro atoms. The second-order valence-electron chi connectivity index (χ2n) is 6.51. The van der Waals surface area contributed by atoms with Gasteiger partial charge < -0.3 is 4.52 Å². The van der Waals surface area contributed by atoms with Gasteiger partial charge in [0, 0.05) is 5.39 Å². The molecule has 0 fully saturated rings. The van der Waals surface area contributed by atoms with Crippen molar-refractivity contribution in [2.45, 2.75) is 38.4 Å². The molecule has 1 N–H and O–H groups in total. The van der Waals surface area contributed by atoms with Gasteiger partial charge in [-0.3, -0.25) is 9.52 Å². The van der Waals surface area contributed by atoms with Crippen LogP contribution in [0.15, 0.2) is 53.1 Å². The maximum atomic E-state index is 12.3. The molecule has 27 heavy (non-hydrogen) atoms. The summed E-state index contributed by atoms with van der Waals surface area (Å²) in [6.07, 6.45) is 3.26. The zero-order valence-electron chi connectivity index (χ0n) is 15.1. The van der Waals surface area contributed by atoms with Gasteiger partial charge in [0.15, 0.2) is 5.58 Å². The summed E-state index contributed by atoms with van der Waals surface area (Å²) < 4.78 is 31.8. The molecule has 7 heteroatoms. The van der Waals surface area contributed by atoms with E-state index in [1.807, 2.05) is 24.3 Å². The van der Waals surface area contributed by atoms with Crippen molar-refractivity contribution in [2.24, 2.45) is 0 Å². The number of aromatic nitrogens is 1. The summed E-state index contributed by atoms with van der Waals surface area (Å²) in [6.45, 7) is 2.14. The third kappa shape index (κ3) is 5.17. The van der Waals surface area contributed by atoms with Gasteiger partial charge >= 0.3 is 0 Å². The summed E-state index contributed by atoms with van der Waals surface area (Å²) in [5.41, 5.74) is 2.78. The number of hydrogen-bond donors (Lipinski definition) is 1. The molecule has 0 unspecified atom stereocenters. The van der Waals surface area contributed by atoms with Gasteiger partial charge in [-0.05, 0) is 36.1 Å². The summed E-state index contributed by atoms with van der Waals surface area (Å²) >= 11 is 0. The molecule has 0 atom stereocenters. The van der Waals surface area contributed by atoms with E-state index in [4.69, 9.17) is 4.52 Å². The van der Waals surface area contributed by atoms with E-state index in [9.17, 15) is 13.2 Å². The number of sulfonamides is 1. The van der Waals surface area contributed by atoms with Crippen LogP contribution in [0.1, 0.15) is 36.6 Å². The lowest BCUT2D eigenvalue weighted by Gasteiger charge is -2.07. The number of carbonyl (C=O) groups excluding carboxylic acids is 1. The molecular formula is C20H22N2O4S. The van der Waals surface area contributed by atoms with Crippen LogP contribution in [-0.2, 0) is 33.4 Å². The van der Waals surface area contributed by atoms with Gasteiger partial charge in [0.25, 0.3) is 0 Å². The molecule has 0 radical (unpaired) electrons. The standard InChI is InChI=1S/C20H22N2O4S/c1-2-3-6-15-9-11-16(12-10-15)13-20(23)22-27(24,25)14-18-17-7-4-5-8-19(17)26-21-18/h4-5,7-12H,2-3,6,13-14H2,1H3,(H,22,23). The Hall–Kier alpha value is -2.67. The fourth-order valence-corrected chi connectivity index (χ4v) is 3.92. The number of fused-ring (bicyclic) bond motifs is 1. The molecule has 2 aromatic carbocycles. The highest BCUT2D eigenvalue weighted by molar-refractivity contribution is 7.89. The second-order valence-corrected chi connectivity index (χ2v) is 8.23. The quantitative estimate of drug-likeness (QED) is 0.641. The van der Waals surface area contributed by atoms with Crippen LogP contribution in [0.25, 0.3) is 11.0 Å². The lowest BCUT2D eigenvalue weighted by molar-refractivity contribution is -0.118. The predicted molar refractivity (Wildman–Crippen MR) is 104 cm³/mol. The summed E-state index contributed by atoms with van der Waals surface area (Å²) in [7, 11) is -3.86. The monoisotopic (exact) mass is 386 g/mol. The normalized spacial score (nSPS) is 11.6. The first-order valence-corrected chi connectivity index (χ1v) is 10.6. The molecular weight excluding hydrogens is 364 g/mol. The van der Waals surface area contributed by atoms with Crippen molar-refractivity contribution in [2.75, 3.05) is 0 Å². The van der Waals surface area contributed by atoms with E-state index in [-0.39, 0.29) is 12.1 Å². The first-order valence-electron chi connectivity index (χ1n) is 8.91. The number of unbranched alkanes of at least 4 members (excludes halogenated alkanes) is 1. The summed E-state index contributed by atoms with van der Waals surface area (Å²) in [6, 6.07) is 14.7. The van der Waals surface area contributed by atoms with Crippen molar-refractivity contribution in [1.29, 1.82) is 0 Å². The van der Waals surface area contributed by atoms with Crippen molar-refractivity contribution in [3.05, 3.63) is 65.4 Å². The molecule has 1 aromatic heterocycles. The second kappa shape index (κ2) is 8.35. The maximum Gasteiger partial charge on any atom is 0.240 e. The zero-order chi connectivity index (χ0) is 19.3. The number of nitrogens with one attached hydrogen (secondary N) is 1. The van der Waals surface area contributed by atoms with Crippen LogP contribution in [0.3, 0.4) is 0 Å². The Morgan fingerprint density at radius 2 is 1.78 bits per heavy atom. The number of hydrogen-bond acceptors (Lipinski definition) is 5. The molecule has 3 rings (SSSR count). The molecule has 3 aromatic rings. The molecule has 1 amide bonds. The summed E-state index contributed by atoms with van der Waals surface area (Å²) in [5.74, 6) is -0.977. The largest absolute Gasteiger partial charge is 0.356 e. The van der Waals surface area contributed by atoms with Gasteiger partial charge in [0.1, 0.15) is 11.4 Å². The summed E-state index contributed by atoms with van der Waals surface area (Å²) in [4.78, 5) is 12.1. The minimum Gasteiger partial charge on any atom is -0.356 e. The highest BCUT2D eigenvalue weighted by atomic mass is 32.2. The number of rotatable bonds is 8. The van der Waals surface area contributed by atoms with E-state index in [1.54, 1.807) is 24.3 Å². The molecule has 6 nitrogen and oxygen atoms in total. The topological polar surface area (TPSA) is 89.3 Å². The SMILES string of the molecule is CCCCc1ccc(CC(=O)NS(=O)(=O)Cc2noc3ccccc23)cc1. The molecule has 0 saturated carbocycles. The molecule has 0 aliphatic heterocycles. The Kier molecular flexibility index (Phi) is 5.91. The molecule has 142 valence electrons. The minimum absolute atomic E-state index is 0.00680. The number of amides is 1. The number of aryl methyl sites for hydroxylation is 1. The fraction of sp³-hybridized carbons (Fsp3) is 0.300. The molecule has 1 heterocycles. The van der Waals surface area contributed by atoms with Crippen molar-refractivity contribution in [3.63, 3.8) is 0 Å². The van der Waals surface area contributed by atoms with Crippen LogP contribution in [0, 0.1) is 0 Å². The van der Waals surface area contributed by atoms with Crippen LogP contribution in [0.2, 0.25) is 0 Å². The Balaban J connectivity index is 1.61. The van der Waals surface area contributed by atoms with E-state index in [1.165, 1.54) is 5.56 Å². The van der Waals surface area contributed by atoms with Crippen LogP contribution < -0.4 is 4.72 Å². The van der Waals surface area contributed by atoms with Crippen LogP contribution in [0.4, 0.5) is 0 Å². The molecule has 0 aliphatic carbocycles. The van der Waals surface area contributed by atoms with E-state index >= 15 is 0 Å². The van der Waals surface area contributed by atoms with E-state index in [0.29, 0.717) is 11.0 Å². The Morgan fingerprint density at radius 1 is 1.07 bits per heavy atom. The first kappa shape index (κ1) is 19.1. The lowest BCUT2D eigenvalue weighted by atomic mass is 10.0. The van der Waals surface area contributed by atoms with Crippen molar-refractivity contribution in [1.82, 2.24) is 9.88 Å². The number of benzene rings is 2. The smallest absolute Gasteiger partial charge is 0.240 e. The van der Waals surface area contributed by atoms with Gasteiger partial charge in [-0.2, -0.15) is 0 Å². The Morgan fingerprint density at radius 3 is 2.52 bits per heavy atom. The first-order chi connectivity index (χ1) is 13.0. The fourth-order valence-electron chi connectivity index (χ4n) is 2.86. The van der Waals surface area contributed by atoms with E-state index in [2.05, 4.69) is 16.8 Å². The van der Waals surface area contributed by atoms with Gasteiger partial charge in [0.2, 0.25) is 15.9 Å². The van der Waals surface area contributed by atoms with Crippen molar-refractivity contribution >= 4 is 26.9 Å². The Labute approximate surface area is 158 Å². The maximum absolute atomic E-state index is 12.3. The van der Waals surface area contributed by atoms with Crippen molar-refractivity contribution < 1.29 is 17.7 Å². The third-order valence-electron chi connectivity index (χ3n) is 4.25. The van der Waals surface area contributed by atoms with Gasteiger partial charge in [-0.25, -0.2) is 8.42 Å². The highest BCUT2D eigenvalue weighted by Crippen LogP contribution is 2.19. The van der Waals surface area contributed by atoms with Crippen LogP contribution >= 0.6 is 0 Å². The van der Waals surface area contributed by atoms with Crippen LogP contribution in [-0.4, -0.2) is 19.5 Å². The predicted octanol–water partition coefficient (Wildman–Crippen LogP) is 3.36. The van der Waals surface area contributed by atoms with Crippen molar-refractivity contribution in [3.8, 4) is 0 Å². The lowest BCUT2D eigenvalue weighted by Crippen LogP contribution is -2.32. The van der Waals surface area contributed by atoms with Gasteiger partial charge in [-0.1, -0.05) is 54.9 Å². The highest BCUT2D eigenvalue weighted by Gasteiger charge is 2.20. The average molecular weight is 386 g/mol. The summed E-state index contributed by atoms with van der Waals surface area (Å²) in [5, 5.41) is 4.42. The molecule has 0 aliphatic rings. The minimum atomic E-state index is -3.86. The third-order valence-corrected chi connectivity index (χ3v) is 5.45. The van der Waals surface area contributed by atoms with E-state index < -0.39 is 21.7 Å². The number of para-hydroxylation sites is 1. The number of carbonyl (C=O) groups is 1. The molecule has 0 saturated heterocycles. The number of nitrogens with zero attached hydrogens (tertiary/aromatic N) is 1. The molecule has 0 bridgehead atoms. The zero-order valence-corrected chi connectivity index (χ0v) is 16.0.